The second-order valence-electron chi connectivity index (χ2n) is 6.39. The summed E-state index contributed by atoms with van der Waals surface area (Å²) in [6, 6.07) is 13.6. The summed E-state index contributed by atoms with van der Waals surface area (Å²) in [6.07, 6.45) is 2.12. The lowest BCUT2D eigenvalue weighted by atomic mass is 10.3. The Morgan fingerprint density at radius 1 is 1.07 bits per heavy atom. The number of carbonyl (C=O) groups excluding carboxylic acids is 1. The molecule has 0 unspecified atom stereocenters. The van der Waals surface area contributed by atoms with Crippen molar-refractivity contribution in [1.82, 2.24) is 9.29 Å². The molecule has 4 rings (SSSR count). The molecule has 2 heterocycles. The van der Waals surface area contributed by atoms with Crippen LogP contribution in [0.1, 0.15) is 5.89 Å². The molecule has 0 atom stereocenters. The van der Waals surface area contributed by atoms with E-state index in [1.54, 1.807) is 24.3 Å². The highest BCUT2D eigenvalue weighted by Gasteiger charge is 2.26. The van der Waals surface area contributed by atoms with Gasteiger partial charge in [0.05, 0.1) is 23.7 Å². The lowest BCUT2D eigenvalue weighted by molar-refractivity contribution is -0.103. The van der Waals surface area contributed by atoms with Gasteiger partial charge in [0.15, 0.2) is 11.9 Å². The first-order valence-corrected chi connectivity index (χ1v) is 10.5. The Balaban J connectivity index is 1.51. The largest absolute Gasteiger partial charge is 0.436 e. The van der Waals surface area contributed by atoms with Crippen molar-refractivity contribution in [2.24, 2.45) is 0 Å². The predicted molar refractivity (Wildman–Crippen MR) is 108 cm³/mol. The summed E-state index contributed by atoms with van der Waals surface area (Å²) in [7, 11) is -3.54. The van der Waals surface area contributed by atoms with Gasteiger partial charge in [-0.05, 0) is 36.4 Å². The number of allylic oxidation sites excluding steroid dienone is 1. The van der Waals surface area contributed by atoms with E-state index in [0.29, 0.717) is 49.4 Å². The molecule has 29 heavy (non-hydrogen) atoms. The average molecular weight is 413 g/mol. The quantitative estimate of drug-likeness (QED) is 0.489. The number of anilines is 1. The van der Waals surface area contributed by atoms with Gasteiger partial charge in [0.1, 0.15) is 5.52 Å². The fourth-order valence-corrected chi connectivity index (χ4v) is 4.37. The molecule has 150 valence electrons. The Hall–Kier alpha value is -3.01. The molecule has 1 aliphatic heterocycles. The zero-order valence-electron chi connectivity index (χ0n) is 15.4. The number of para-hydroxylation sites is 2. The number of fused-ring (bicyclic) bond motifs is 1. The summed E-state index contributed by atoms with van der Waals surface area (Å²) < 4.78 is 37.5. The van der Waals surface area contributed by atoms with Crippen molar-refractivity contribution in [2.75, 3.05) is 31.6 Å². The maximum Gasteiger partial charge on any atom is 0.243 e. The third-order valence-corrected chi connectivity index (χ3v) is 6.44. The molecule has 1 N–H and O–H groups in total. The van der Waals surface area contributed by atoms with Crippen molar-refractivity contribution in [1.29, 1.82) is 0 Å². The highest BCUT2D eigenvalue weighted by atomic mass is 32.2. The molecule has 0 spiro atoms. The highest BCUT2D eigenvalue weighted by molar-refractivity contribution is 7.89. The number of ether oxygens (including phenoxy) is 1. The SMILES string of the molecule is O=C/C(=C\Nc1ccc(S(=O)(=O)N2CCOCC2)cc1)c1nc2ccccc2o1. The molecule has 0 radical (unpaired) electrons. The van der Waals surface area contributed by atoms with E-state index in [1.165, 1.54) is 22.6 Å². The van der Waals surface area contributed by atoms with Crippen LogP contribution in [0.2, 0.25) is 0 Å². The van der Waals surface area contributed by atoms with Gasteiger partial charge >= 0.3 is 0 Å². The molecule has 0 bridgehead atoms. The number of aldehydes is 1. The first-order valence-electron chi connectivity index (χ1n) is 9.04. The van der Waals surface area contributed by atoms with Crippen LogP contribution >= 0.6 is 0 Å². The number of aromatic nitrogens is 1. The van der Waals surface area contributed by atoms with E-state index in [0.717, 1.165) is 0 Å². The normalized spacial score (nSPS) is 16.1. The Kier molecular flexibility index (Phi) is 5.43. The third kappa shape index (κ3) is 4.07. The molecule has 3 aromatic rings. The van der Waals surface area contributed by atoms with Gasteiger partial charge in [-0.2, -0.15) is 4.31 Å². The Morgan fingerprint density at radius 2 is 1.79 bits per heavy atom. The number of oxazole rings is 1. The number of morpholine rings is 1. The molecule has 1 saturated heterocycles. The number of nitrogens with zero attached hydrogens (tertiary/aromatic N) is 2. The monoisotopic (exact) mass is 413 g/mol. The first-order chi connectivity index (χ1) is 14.1. The second-order valence-corrected chi connectivity index (χ2v) is 8.33. The zero-order chi connectivity index (χ0) is 20.3. The van der Waals surface area contributed by atoms with Gasteiger partial charge < -0.3 is 14.5 Å². The van der Waals surface area contributed by atoms with Crippen LogP contribution in [0.3, 0.4) is 0 Å². The van der Waals surface area contributed by atoms with E-state index >= 15 is 0 Å². The van der Waals surface area contributed by atoms with Crippen LogP contribution in [0.25, 0.3) is 16.7 Å². The Bertz CT molecular complexity index is 1110. The van der Waals surface area contributed by atoms with Crippen LogP contribution in [-0.2, 0) is 19.6 Å². The molecular weight excluding hydrogens is 394 g/mol. The maximum atomic E-state index is 12.7. The molecule has 1 aromatic heterocycles. The predicted octanol–water partition coefficient (Wildman–Crippen LogP) is 2.50. The number of nitrogens with one attached hydrogen (secondary N) is 1. The molecule has 0 aliphatic carbocycles. The van der Waals surface area contributed by atoms with E-state index in [4.69, 9.17) is 9.15 Å². The van der Waals surface area contributed by atoms with Crippen LogP contribution in [-0.4, -0.2) is 50.3 Å². The van der Waals surface area contributed by atoms with Gasteiger partial charge in [0.2, 0.25) is 15.9 Å². The number of benzene rings is 2. The highest BCUT2D eigenvalue weighted by Crippen LogP contribution is 2.22. The van der Waals surface area contributed by atoms with Gasteiger partial charge in [0, 0.05) is 25.0 Å². The molecule has 1 fully saturated rings. The Labute approximate surface area is 167 Å². The van der Waals surface area contributed by atoms with Gasteiger partial charge in [-0.15, -0.1) is 0 Å². The van der Waals surface area contributed by atoms with Gasteiger partial charge in [-0.25, -0.2) is 13.4 Å². The summed E-state index contributed by atoms with van der Waals surface area (Å²) in [6.45, 7) is 1.48. The fourth-order valence-electron chi connectivity index (χ4n) is 2.96. The van der Waals surface area contributed by atoms with Crippen LogP contribution < -0.4 is 5.32 Å². The zero-order valence-corrected chi connectivity index (χ0v) is 16.3. The minimum atomic E-state index is -3.54. The third-order valence-electron chi connectivity index (χ3n) is 4.52. The molecule has 2 aromatic carbocycles. The lowest BCUT2D eigenvalue weighted by Gasteiger charge is -2.26. The van der Waals surface area contributed by atoms with Gasteiger partial charge in [-0.1, -0.05) is 12.1 Å². The standard InChI is InChI=1S/C20H19N3O5S/c24-14-15(20-22-18-3-1-2-4-19(18)28-20)13-21-16-5-7-17(8-6-16)29(25,26)23-9-11-27-12-10-23/h1-8,13-14,21H,9-12H2/b15-13+. The van der Waals surface area contributed by atoms with Crippen molar-refractivity contribution in [3.63, 3.8) is 0 Å². The number of rotatable bonds is 6. The maximum absolute atomic E-state index is 12.7. The molecule has 0 saturated carbocycles. The molecular formula is C20H19N3O5S. The van der Waals surface area contributed by atoms with E-state index in [9.17, 15) is 13.2 Å². The van der Waals surface area contributed by atoms with Gasteiger partial charge in [-0.3, -0.25) is 4.79 Å². The number of hydrogen-bond acceptors (Lipinski definition) is 7. The number of carbonyl (C=O) groups is 1. The number of sulfonamides is 1. The van der Waals surface area contributed by atoms with E-state index in [-0.39, 0.29) is 16.4 Å². The van der Waals surface area contributed by atoms with Crippen LogP contribution in [0.4, 0.5) is 5.69 Å². The first kappa shape index (κ1) is 19.3. The molecule has 9 heteroatoms. The molecule has 1 aliphatic rings. The minimum absolute atomic E-state index is 0.209. The van der Waals surface area contributed by atoms with E-state index < -0.39 is 10.0 Å². The molecule has 8 nitrogen and oxygen atoms in total. The number of hydrogen-bond donors (Lipinski definition) is 1. The summed E-state index contributed by atoms with van der Waals surface area (Å²) in [5.41, 5.74) is 2.12. The average Bonchev–Trinajstić information content (AvgIpc) is 3.19. The summed E-state index contributed by atoms with van der Waals surface area (Å²) in [5.74, 6) is 0.209. The summed E-state index contributed by atoms with van der Waals surface area (Å²) >= 11 is 0. The van der Waals surface area contributed by atoms with Crippen molar-refractivity contribution >= 4 is 38.7 Å². The second kappa shape index (κ2) is 8.16. The van der Waals surface area contributed by atoms with E-state index in [1.807, 2.05) is 12.1 Å². The topological polar surface area (TPSA) is 102 Å². The minimum Gasteiger partial charge on any atom is -0.436 e. The molecule has 0 amide bonds. The van der Waals surface area contributed by atoms with Crippen LogP contribution in [0.15, 0.2) is 64.0 Å². The van der Waals surface area contributed by atoms with Crippen LogP contribution in [0.5, 0.6) is 0 Å². The summed E-state index contributed by atoms with van der Waals surface area (Å²) in [4.78, 5) is 16.0. The van der Waals surface area contributed by atoms with Crippen molar-refractivity contribution in [3.05, 3.63) is 60.6 Å². The van der Waals surface area contributed by atoms with E-state index in [2.05, 4.69) is 10.3 Å². The Morgan fingerprint density at radius 3 is 2.48 bits per heavy atom. The van der Waals surface area contributed by atoms with Crippen molar-refractivity contribution in [2.45, 2.75) is 4.90 Å². The fraction of sp³-hybridized carbons (Fsp3) is 0.200. The lowest BCUT2D eigenvalue weighted by Crippen LogP contribution is -2.40. The van der Waals surface area contributed by atoms with Crippen molar-refractivity contribution in [3.8, 4) is 0 Å². The van der Waals surface area contributed by atoms with Gasteiger partial charge in [0.25, 0.3) is 0 Å². The van der Waals surface area contributed by atoms with Crippen LogP contribution in [0, 0.1) is 0 Å². The van der Waals surface area contributed by atoms with Crippen molar-refractivity contribution < 1.29 is 22.4 Å². The smallest absolute Gasteiger partial charge is 0.243 e. The summed E-state index contributed by atoms with van der Waals surface area (Å²) in [5, 5.41) is 2.97.